The van der Waals surface area contributed by atoms with Crippen LogP contribution in [0.3, 0.4) is 0 Å². The quantitative estimate of drug-likeness (QED) is 0.491. The third-order valence-corrected chi connectivity index (χ3v) is 7.42. The fourth-order valence-corrected chi connectivity index (χ4v) is 5.65. The van der Waals surface area contributed by atoms with Gasteiger partial charge in [-0.15, -0.1) is 0 Å². The Labute approximate surface area is 182 Å². The minimum atomic E-state index is -4.14. The minimum Gasteiger partial charge on any atom is -0.493 e. The monoisotopic (exact) mass is 449 g/mol. The van der Waals surface area contributed by atoms with Gasteiger partial charge in [-0.2, -0.15) is 4.31 Å². The number of hydroxylamine groups is 1. The minimum absolute atomic E-state index is 0.0708. The third kappa shape index (κ3) is 4.38. The second-order valence-corrected chi connectivity index (χ2v) is 8.91. The van der Waals surface area contributed by atoms with Crippen molar-refractivity contribution >= 4 is 15.9 Å². The van der Waals surface area contributed by atoms with Crippen LogP contribution in [0.15, 0.2) is 47.4 Å². The van der Waals surface area contributed by atoms with E-state index in [1.165, 1.54) is 36.1 Å². The summed E-state index contributed by atoms with van der Waals surface area (Å²) >= 11 is 0. The second-order valence-electron chi connectivity index (χ2n) is 7.05. The van der Waals surface area contributed by atoms with Crippen molar-refractivity contribution < 1.29 is 27.9 Å². The number of rotatable bonds is 7. The van der Waals surface area contributed by atoms with Gasteiger partial charge in [-0.25, -0.2) is 13.9 Å². The zero-order valence-corrected chi connectivity index (χ0v) is 18.6. The van der Waals surface area contributed by atoms with Crippen LogP contribution < -0.4 is 15.0 Å². The molecule has 3 rings (SSSR count). The van der Waals surface area contributed by atoms with E-state index in [9.17, 15) is 18.4 Å². The topological polar surface area (TPSA) is 108 Å². The Morgan fingerprint density at radius 3 is 2.42 bits per heavy atom. The molecule has 9 nitrogen and oxygen atoms in total. The van der Waals surface area contributed by atoms with Gasteiger partial charge in [0.2, 0.25) is 10.0 Å². The standard InChI is InChI=1S/C21H27N3O6S/c1-4-23-12-13-24(16(14-23)15-8-6-5-7-9-15)31(27,28)18-11-10-17(29-2)20(30-3)19(18)21(25)22-26/h5-11,16,26H,4,12-14H2,1-3H3,(H,22,25). The first-order valence-electron chi connectivity index (χ1n) is 9.87. The lowest BCUT2D eigenvalue weighted by Gasteiger charge is -2.40. The highest BCUT2D eigenvalue weighted by Gasteiger charge is 2.39. The van der Waals surface area contributed by atoms with E-state index in [1.54, 1.807) is 0 Å². The van der Waals surface area contributed by atoms with Crippen LogP contribution in [0, 0.1) is 0 Å². The molecule has 1 aliphatic rings. The van der Waals surface area contributed by atoms with Crippen molar-refractivity contribution in [2.75, 3.05) is 40.4 Å². The number of nitrogens with one attached hydrogen (secondary N) is 1. The molecule has 168 valence electrons. The van der Waals surface area contributed by atoms with Crippen molar-refractivity contribution in [3.05, 3.63) is 53.6 Å². The van der Waals surface area contributed by atoms with E-state index in [4.69, 9.17) is 9.47 Å². The maximum atomic E-state index is 13.8. The Morgan fingerprint density at radius 1 is 1.13 bits per heavy atom. The second kappa shape index (κ2) is 9.65. The molecule has 1 atom stereocenters. The van der Waals surface area contributed by atoms with Crippen molar-refractivity contribution in [3.63, 3.8) is 0 Å². The molecule has 2 aromatic carbocycles. The summed E-state index contributed by atoms with van der Waals surface area (Å²) in [5.74, 6) is -0.896. The average Bonchev–Trinajstić information content (AvgIpc) is 2.82. The van der Waals surface area contributed by atoms with Gasteiger partial charge < -0.3 is 14.4 Å². The van der Waals surface area contributed by atoms with Crippen molar-refractivity contribution in [3.8, 4) is 11.5 Å². The number of likely N-dealkylation sites (N-methyl/N-ethyl adjacent to an activating group) is 1. The molecule has 1 saturated heterocycles. The van der Waals surface area contributed by atoms with Crippen LogP contribution in [-0.4, -0.2) is 69.1 Å². The number of hydrogen-bond donors (Lipinski definition) is 2. The van der Waals surface area contributed by atoms with Crippen molar-refractivity contribution in [2.24, 2.45) is 0 Å². The van der Waals surface area contributed by atoms with Gasteiger partial charge in [0.1, 0.15) is 5.56 Å². The summed E-state index contributed by atoms with van der Waals surface area (Å²) < 4.78 is 39.5. The Bertz CT molecular complexity index is 1030. The van der Waals surface area contributed by atoms with Crippen LogP contribution in [-0.2, 0) is 10.0 Å². The van der Waals surface area contributed by atoms with E-state index in [0.717, 1.165) is 12.1 Å². The van der Waals surface area contributed by atoms with Crippen LogP contribution in [0.2, 0.25) is 0 Å². The molecule has 1 unspecified atom stereocenters. The van der Waals surface area contributed by atoms with Crippen LogP contribution in [0.4, 0.5) is 0 Å². The number of nitrogens with zero attached hydrogens (tertiary/aromatic N) is 2. The number of benzene rings is 2. The highest BCUT2D eigenvalue weighted by Crippen LogP contribution is 2.39. The molecule has 0 spiro atoms. The van der Waals surface area contributed by atoms with E-state index in [1.807, 2.05) is 37.3 Å². The predicted octanol–water partition coefficient (Wildman–Crippen LogP) is 1.89. The maximum absolute atomic E-state index is 13.8. The summed E-state index contributed by atoms with van der Waals surface area (Å²) in [5, 5.41) is 9.26. The maximum Gasteiger partial charge on any atom is 0.279 e. The van der Waals surface area contributed by atoms with E-state index in [-0.39, 0.29) is 28.5 Å². The number of amides is 1. The van der Waals surface area contributed by atoms with Gasteiger partial charge in [0.25, 0.3) is 5.91 Å². The SMILES string of the molecule is CCN1CCN(S(=O)(=O)c2ccc(OC)c(OC)c2C(=O)NO)C(c2ccccc2)C1. The van der Waals surface area contributed by atoms with Gasteiger partial charge in [0.15, 0.2) is 11.5 Å². The van der Waals surface area contributed by atoms with E-state index >= 15 is 0 Å². The van der Waals surface area contributed by atoms with Gasteiger partial charge in [-0.1, -0.05) is 37.3 Å². The molecule has 2 aromatic rings. The molecular weight excluding hydrogens is 422 g/mol. The molecule has 0 radical (unpaired) electrons. The Balaban J connectivity index is 2.16. The molecule has 0 saturated carbocycles. The number of sulfonamides is 1. The molecule has 0 aromatic heterocycles. The first kappa shape index (κ1) is 23.0. The van der Waals surface area contributed by atoms with Gasteiger partial charge in [0.05, 0.1) is 25.2 Å². The lowest BCUT2D eigenvalue weighted by molar-refractivity contribution is 0.0698. The highest BCUT2D eigenvalue weighted by molar-refractivity contribution is 7.89. The lowest BCUT2D eigenvalue weighted by Crippen LogP contribution is -2.50. The molecule has 10 heteroatoms. The third-order valence-electron chi connectivity index (χ3n) is 5.47. The molecule has 1 amide bonds. The molecule has 31 heavy (non-hydrogen) atoms. The van der Waals surface area contributed by atoms with Gasteiger partial charge in [-0.05, 0) is 24.2 Å². The lowest BCUT2D eigenvalue weighted by atomic mass is 10.0. The molecule has 1 heterocycles. The van der Waals surface area contributed by atoms with Crippen LogP contribution in [0.25, 0.3) is 0 Å². The fraction of sp³-hybridized carbons (Fsp3) is 0.381. The van der Waals surface area contributed by atoms with Gasteiger partial charge in [-0.3, -0.25) is 10.0 Å². The normalized spacial score (nSPS) is 17.9. The zero-order valence-electron chi connectivity index (χ0n) is 17.7. The van der Waals surface area contributed by atoms with Crippen LogP contribution in [0.1, 0.15) is 28.9 Å². The highest BCUT2D eigenvalue weighted by atomic mass is 32.2. The van der Waals surface area contributed by atoms with Gasteiger partial charge in [0, 0.05) is 19.6 Å². The zero-order chi connectivity index (χ0) is 22.6. The number of carbonyl (C=O) groups excluding carboxylic acids is 1. The summed E-state index contributed by atoms with van der Waals surface area (Å²) in [6, 6.07) is 11.7. The van der Waals surface area contributed by atoms with Crippen molar-refractivity contribution in [2.45, 2.75) is 17.9 Å². The van der Waals surface area contributed by atoms with E-state index < -0.39 is 22.0 Å². The molecule has 2 N–H and O–H groups in total. The molecule has 0 bridgehead atoms. The molecule has 0 aliphatic carbocycles. The largest absolute Gasteiger partial charge is 0.493 e. The number of ether oxygens (including phenoxy) is 2. The summed E-state index contributed by atoms with van der Waals surface area (Å²) in [6.45, 7) is 4.17. The smallest absolute Gasteiger partial charge is 0.279 e. The van der Waals surface area contributed by atoms with E-state index in [0.29, 0.717) is 13.1 Å². The average molecular weight is 450 g/mol. The van der Waals surface area contributed by atoms with Crippen molar-refractivity contribution in [1.29, 1.82) is 0 Å². The summed E-state index contributed by atoms with van der Waals surface area (Å²) in [4.78, 5) is 14.4. The first-order chi connectivity index (χ1) is 14.9. The predicted molar refractivity (Wildman–Crippen MR) is 114 cm³/mol. The van der Waals surface area contributed by atoms with Crippen molar-refractivity contribution in [1.82, 2.24) is 14.7 Å². The van der Waals surface area contributed by atoms with Gasteiger partial charge >= 0.3 is 0 Å². The Morgan fingerprint density at radius 2 is 1.84 bits per heavy atom. The number of piperazine rings is 1. The molecular formula is C21H27N3O6S. The number of hydrogen-bond acceptors (Lipinski definition) is 7. The van der Waals surface area contributed by atoms with Crippen LogP contribution in [0.5, 0.6) is 11.5 Å². The number of methoxy groups -OCH3 is 2. The number of carbonyl (C=O) groups is 1. The van der Waals surface area contributed by atoms with E-state index in [2.05, 4.69) is 4.90 Å². The molecule has 1 fully saturated rings. The summed E-state index contributed by atoms with van der Waals surface area (Å²) in [5.41, 5.74) is 2.06. The van der Waals surface area contributed by atoms with Crippen LogP contribution >= 0.6 is 0 Å². The fourth-order valence-electron chi connectivity index (χ4n) is 3.87. The Kier molecular flexibility index (Phi) is 7.16. The Hall–Kier alpha value is -2.66. The first-order valence-corrected chi connectivity index (χ1v) is 11.3. The summed E-state index contributed by atoms with van der Waals surface area (Å²) in [7, 11) is -1.46. The summed E-state index contributed by atoms with van der Waals surface area (Å²) in [6.07, 6.45) is 0. The molecule has 1 aliphatic heterocycles.